The van der Waals surface area contributed by atoms with Crippen molar-refractivity contribution in [3.8, 4) is 0 Å². The Balaban J connectivity index is 2.33. The van der Waals surface area contributed by atoms with E-state index in [9.17, 15) is 4.79 Å². The highest BCUT2D eigenvalue weighted by atomic mass is 16.5. The van der Waals surface area contributed by atoms with Gasteiger partial charge in [-0.3, -0.25) is 9.48 Å². The molecule has 0 spiro atoms. The molecule has 0 radical (unpaired) electrons. The molecule has 96 valence electrons. The van der Waals surface area contributed by atoms with E-state index in [0.717, 1.165) is 25.1 Å². The number of nitrogens with one attached hydrogen (secondary N) is 1. The zero-order chi connectivity index (χ0) is 12.7. The van der Waals surface area contributed by atoms with E-state index in [1.165, 1.54) is 0 Å². The van der Waals surface area contributed by atoms with Crippen LogP contribution in [-0.4, -0.2) is 34.9 Å². The van der Waals surface area contributed by atoms with Crippen LogP contribution in [-0.2, 0) is 23.0 Å². The standard InChI is InChI=1S/C12H21N3O2/c1-4-11(12(16)17-5-2)13-8-6-10-7-9-14-15(10)3/h7,9,11,13H,4-6,8H2,1-3H3. The summed E-state index contributed by atoms with van der Waals surface area (Å²) in [4.78, 5) is 11.5. The van der Waals surface area contributed by atoms with Crippen LogP contribution < -0.4 is 5.32 Å². The van der Waals surface area contributed by atoms with Crippen molar-refractivity contribution >= 4 is 5.97 Å². The average molecular weight is 239 g/mol. The highest BCUT2D eigenvalue weighted by molar-refractivity contribution is 5.75. The quantitative estimate of drug-likeness (QED) is 0.718. The molecule has 0 aliphatic rings. The first-order valence-corrected chi connectivity index (χ1v) is 6.05. The van der Waals surface area contributed by atoms with E-state index in [4.69, 9.17) is 4.74 Å². The van der Waals surface area contributed by atoms with Gasteiger partial charge in [-0.15, -0.1) is 0 Å². The molecular weight excluding hydrogens is 218 g/mol. The molecular formula is C12H21N3O2. The maximum atomic E-state index is 11.5. The Bertz CT molecular complexity index is 349. The number of carbonyl (C=O) groups is 1. The minimum Gasteiger partial charge on any atom is -0.465 e. The molecule has 1 aromatic heterocycles. The fraction of sp³-hybridized carbons (Fsp3) is 0.667. The van der Waals surface area contributed by atoms with Gasteiger partial charge in [0.2, 0.25) is 0 Å². The van der Waals surface area contributed by atoms with E-state index in [0.29, 0.717) is 6.61 Å². The van der Waals surface area contributed by atoms with Crippen LogP contribution in [0.3, 0.4) is 0 Å². The molecule has 0 bridgehead atoms. The summed E-state index contributed by atoms with van der Waals surface area (Å²) in [5.41, 5.74) is 1.15. The van der Waals surface area contributed by atoms with Crippen LogP contribution in [0, 0.1) is 0 Å². The van der Waals surface area contributed by atoms with Gasteiger partial charge >= 0.3 is 5.97 Å². The molecule has 0 aliphatic carbocycles. The van der Waals surface area contributed by atoms with Crippen molar-refractivity contribution in [1.82, 2.24) is 15.1 Å². The van der Waals surface area contributed by atoms with Crippen LogP contribution in [0.2, 0.25) is 0 Å². The number of aromatic nitrogens is 2. The molecule has 17 heavy (non-hydrogen) atoms. The molecule has 5 nitrogen and oxygen atoms in total. The molecule has 1 N–H and O–H groups in total. The molecule has 1 unspecified atom stereocenters. The Morgan fingerprint density at radius 2 is 2.35 bits per heavy atom. The molecule has 1 heterocycles. The van der Waals surface area contributed by atoms with Gasteiger partial charge in [0.05, 0.1) is 6.61 Å². The Morgan fingerprint density at radius 3 is 2.88 bits per heavy atom. The summed E-state index contributed by atoms with van der Waals surface area (Å²) in [7, 11) is 1.91. The van der Waals surface area contributed by atoms with Crippen LogP contribution in [0.1, 0.15) is 26.0 Å². The smallest absolute Gasteiger partial charge is 0.323 e. The summed E-state index contributed by atoms with van der Waals surface area (Å²) >= 11 is 0. The Hall–Kier alpha value is -1.36. The second kappa shape index (κ2) is 7.06. The van der Waals surface area contributed by atoms with E-state index in [-0.39, 0.29) is 12.0 Å². The summed E-state index contributed by atoms with van der Waals surface area (Å²) in [6.45, 7) is 4.97. The first-order chi connectivity index (χ1) is 8.19. The molecule has 0 aliphatic heterocycles. The van der Waals surface area contributed by atoms with Crippen LogP contribution >= 0.6 is 0 Å². The van der Waals surface area contributed by atoms with Gasteiger partial charge in [-0.2, -0.15) is 5.10 Å². The maximum Gasteiger partial charge on any atom is 0.323 e. The lowest BCUT2D eigenvalue weighted by molar-refractivity contribution is -0.145. The number of aryl methyl sites for hydroxylation is 1. The molecule has 1 atom stereocenters. The van der Waals surface area contributed by atoms with Crippen molar-refractivity contribution in [2.75, 3.05) is 13.2 Å². The summed E-state index contributed by atoms with van der Waals surface area (Å²) in [5.74, 6) is -0.167. The number of nitrogens with zero attached hydrogens (tertiary/aromatic N) is 2. The van der Waals surface area contributed by atoms with Crippen molar-refractivity contribution in [1.29, 1.82) is 0 Å². The summed E-state index contributed by atoms with van der Waals surface area (Å²) < 4.78 is 6.83. The fourth-order valence-electron chi connectivity index (χ4n) is 1.66. The van der Waals surface area contributed by atoms with Crippen molar-refractivity contribution in [2.45, 2.75) is 32.7 Å². The highest BCUT2D eigenvalue weighted by Gasteiger charge is 2.16. The normalized spacial score (nSPS) is 12.4. The Labute approximate surface area is 102 Å². The minimum atomic E-state index is -0.205. The average Bonchev–Trinajstić information content (AvgIpc) is 2.71. The van der Waals surface area contributed by atoms with Gasteiger partial charge < -0.3 is 10.1 Å². The SMILES string of the molecule is CCOC(=O)C(CC)NCCc1ccnn1C. The van der Waals surface area contributed by atoms with E-state index in [2.05, 4.69) is 10.4 Å². The summed E-state index contributed by atoms with van der Waals surface area (Å²) in [5, 5.41) is 7.30. The predicted octanol–water partition coefficient (Wildman–Crippen LogP) is 0.894. The van der Waals surface area contributed by atoms with E-state index in [1.807, 2.05) is 31.6 Å². The number of carbonyl (C=O) groups excluding carboxylic acids is 1. The van der Waals surface area contributed by atoms with E-state index < -0.39 is 0 Å². The molecule has 0 saturated heterocycles. The first kappa shape index (κ1) is 13.7. The lowest BCUT2D eigenvalue weighted by atomic mass is 10.2. The van der Waals surface area contributed by atoms with Crippen LogP contribution in [0.4, 0.5) is 0 Å². The Morgan fingerprint density at radius 1 is 1.59 bits per heavy atom. The van der Waals surface area contributed by atoms with E-state index >= 15 is 0 Å². The van der Waals surface area contributed by atoms with Gasteiger partial charge in [-0.25, -0.2) is 0 Å². The van der Waals surface area contributed by atoms with Crippen molar-refractivity contribution < 1.29 is 9.53 Å². The third-order valence-electron chi connectivity index (χ3n) is 2.67. The van der Waals surface area contributed by atoms with Crippen LogP contribution in [0.25, 0.3) is 0 Å². The molecule has 5 heteroatoms. The minimum absolute atomic E-state index is 0.167. The van der Waals surface area contributed by atoms with Gasteiger partial charge in [0.1, 0.15) is 6.04 Å². The fourth-order valence-corrected chi connectivity index (χ4v) is 1.66. The van der Waals surface area contributed by atoms with Crippen LogP contribution in [0.15, 0.2) is 12.3 Å². The van der Waals surface area contributed by atoms with Gasteiger partial charge in [-0.1, -0.05) is 6.92 Å². The monoisotopic (exact) mass is 239 g/mol. The molecule has 1 aromatic rings. The number of rotatable bonds is 7. The highest BCUT2D eigenvalue weighted by Crippen LogP contribution is 1.99. The summed E-state index contributed by atoms with van der Waals surface area (Å²) in [6, 6.07) is 1.77. The third kappa shape index (κ3) is 4.19. The zero-order valence-electron chi connectivity index (χ0n) is 10.8. The Kier molecular flexibility index (Phi) is 5.69. The molecule has 0 fully saturated rings. The second-order valence-corrected chi connectivity index (χ2v) is 3.86. The summed E-state index contributed by atoms with van der Waals surface area (Å²) in [6.07, 6.45) is 3.37. The molecule has 0 saturated carbocycles. The van der Waals surface area contributed by atoms with Gasteiger partial charge in [0.15, 0.2) is 0 Å². The topological polar surface area (TPSA) is 56.1 Å². The van der Waals surface area contributed by atoms with Gasteiger partial charge in [0.25, 0.3) is 0 Å². The van der Waals surface area contributed by atoms with Crippen molar-refractivity contribution in [3.63, 3.8) is 0 Å². The third-order valence-corrected chi connectivity index (χ3v) is 2.67. The molecule has 0 amide bonds. The van der Waals surface area contributed by atoms with Crippen LogP contribution in [0.5, 0.6) is 0 Å². The number of ether oxygens (including phenoxy) is 1. The van der Waals surface area contributed by atoms with Crippen molar-refractivity contribution in [2.24, 2.45) is 7.05 Å². The number of hydrogen-bond acceptors (Lipinski definition) is 4. The molecule has 1 rings (SSSR count). The van der Waals surface area contributed by atoms with Gasteiger partial charge in [0, 0.05) is 31.9 Å². The largest absolute Gasteiger partial charge is 0.465 e. The first-order valence-electron chi connectivity index (χ1n) is 6.05. The van der Waals surface area contributed by atoms with Gasteiger partial charge in [-0.05, 0) is 19.4 Å². The number of esters is 1. The van der Waals surface area contributed by atoms with E-state index in [1.54, 1.807) is 6.20 Å². The van der Waals surface area contributed by atoms with Crippen molar-refractivity contribution in [3.05, 3.63) is 18.0 Å². The lowest BCUT2D eigenvalue weighted by Crippen LogP contribution is -2.38. The number of hydrogen-bond donors (Lipinski definition) is 1. The maximum absolute atomic E-state index is 11.5. The lowest BCUT2D eigenvalue weighted by Gasteiger charge is -2.15. The zero-order valence-corrected chi connectivity index (χ0v) is 10.8. The predicted molar refractivity (Wildman–Crippen MR) is 65.6 cm³/mol. The second-order valence-electron chi connectivity index (χ2n) is 3.86. The molecule has 0 aromatic carbocycles.